The van der Waals surface area contributed by atoms with Gasteiger partial charge < -0.3 is 20.3 Å². The highest BCUT2D eigenvalue weighted by Crippen LogP contribution is 2.51. The van der Waals surface area contributed by atoms with Crippen molar-refractivity contribution in [3.05, 3.63) is 24.4 Å². The molecule has 3 atom stereocenters. The summed E-state index contributed by atoms with van der Waals surface area (Å²) in [5.41, 5.74) is 0.156. The van der Waals surface area contributed by atoms with E-state index < -0.39 is 0 Å². The zero-order valence-electron chi connectivity index (χ0n) is 17.5. The first-order valence-electron chi connectivity index (χ1n) is 10.9. The second-order valence-electron chi connectivity index (χ2n) is 8.96. The zero-order chi connectivity index (χ0) is 19.6. The molecule has 6 heteroatoms. The van der Waals surface area contributed by atoms with Gasteiger partial charge in [0.25, 0.3) is 0 Å². The Hall–Kier alpha value is -1.82. The van der Waals surface area contributed by atoms with Crippen LogP contribution in [-0.2, 0) is 4.74 Å². The van der Waals surface area contributed by atoms with Gasteiger partial charge in [-0.15, -0.1) is 0 Å². The minimum absolute atomic E-state index is 0.156. The second kappa shape index (κ2) is 8.27. The lowest BCUT2D eigenvalue weighted by Gasteiger charge is -2.60. The number of nitrogens with zero attached hydrogens (tertiary/aromatic N) is 3. The molecule has 3 unspecified atom stereocenters. The molecule has 1 aliphatic carbocycles. The van der Waals surface area contributed by atoms with E-state index in [4.69, 9.17) is 9.73 Å². The van der Waals surface area contributed by atoms with Gasteiger partial charge in [-0.25, -0.2) is 4.98 Å². The number of ether oxygens (including phenoxy) is 1. The first kappa shape index (κ1) is 19.5. The predicted octanol–water partition coefficient (Wildman–Crippen LogP) is 2.81. The largest absolute Gasteiger partial charge is 0.377 e. The number of piperidine rings is 1. The Bertz CT molecular complexity index is 669. The summed E-state index contributed by atoms with van der Waals surface area (Å²) in [7, 11) is 0. The van der Waals surface area contributed by atoms with Crippen LogP contribution in [-0.4, -0.2) is 55.4 Å². The SMILES string of the molecule is CCN=C(NC1CCN(c2ccccn2)CC1)NC1C2CCCOC2C1(C)C. The second-order valence-corrected chi connectivity index (χ2v) is 8.96. The fraction of sp³-hybridized carbons (Fsp3) is 0.727. The molecule has 3 fully saturated rings. The van der Waals surface area contributed by atoms with Crippen LogP contribution in [0.15, 0.2) is 29.4 Å². The van der Waals surface area contributed by atoms with Gasteiger partial charge in [0.05, 0.1) is 6.10 Å². The van der Waals surface area contributed by atoms with Crippen LogP contribution in [0, 0.1) is 11.3 Å². The maximum absolute atomic E-state index is 6.06. The summed E-state index contributed by atoms with van der Waals surface area (Å²) < 4.78 is 6.06. The summed E-state index contributed by atoms with van der Waals surface area (Å²) in [5, 5.41) is 7.48. The fourth-order valence-corrected chi connectivity index (χ4v) is 5.24. The number of nitrogens with one attached hydrogen (secondary N) is 2. The quantitative estimate of drug-likeness (QED) is 0.616. The molecule has 1 aromatic heterocycles. The zero-order valence-corrected chi connectivity index (χ0v) is 17.5. The van der Waals surface area contributed by atoms with Crippen LogP contribution in [0.25, 0.3) is 0 Å². The van der Waals surface area contributed by atoms with Gasteiger partial charge in [-0.3, -0.25) is 4.99 Å². The van der Waals surface area contributed by atoms with Gasteiger partial charge in [-0.05, 0) is 44.7 Å². The van der Waals surface area contributed by atoms with E-state index in [1.54, 1.807) is 0 Å². The molecule has 0 aromatic carbocycles. The fourth-order valence-electron chi connectivity index (χ4n) is 5.24. The lowest BCUT2D eigenvalue weighted by molar-refractivity contribution is -0.188. The van der Waals surface area contributed by atoms with Crippen molar-refractivity contribution >= 4 is 11.8 Å². The number of guanidine groups is 1. The van der Waals surface area contributed by atoms with Crippen LogP contribution in [0.1, 0.15) is 46.5 Å². The molecule has 154 valence electrons. The van der Waals surface area contributed by atoms with Crippen LogP contribution in [0.4, 0.5) is 5.82 Å². The van der Waals surface area contributed by atoms with E-state index in [1.807, 2.05) is 12.3 Å². The van der Waals surface area contributed by atoms with Crippen molar-refractivity contribution in [2.75, 3.05) is 31.1 Å². The molecule has 2 N–H and O–H groups in total. The van der Waals surface area contributed by atoms with Crippen molar-refractivity contribution in [3.8, 4) is 0 Å². The van der Waals surface area contributed by atoms with Gasteiger partial charge >= 0.3 is 0 Å². The molecular formula is C22H35N5O. The molecule has 6 nitrogen and oxygen atoms in total. The third-order valence-corrected chi connectivity index (χ3v) is 6.75. The number of hydrogen-bond acceptors (Lipinski definition) is 4. The molecular weight excluding hydrogens is 350 g/mol. The van der Waals surface area contributed by atoms with Crippen LogP contribution < -0.4 is 15.5 Å². The Morgan fingerprint density at radius 3 is 2.79 bits per heavy atom. The molecule has 3 heterocycles. The van der Waals surface area contributed by atoms with E-state index in [1.165, 1.54) is 12.8 Å². The number of anilines is 1. The highest BCUT2D eigenvalue weighted by molar-refractivity contribution is 5.80. The van der Waals surface area contributed by atoms with Crippen molar-refractivity contribution in [2.24, 2.45) is 16.3 Å². The summed E-state index contributed by atoms with van der Waals surface area (Å²) in [6.07, 6.45) is 6.90. The van der Waals surface area contributed by atoms with E-state index in [2.05, 4.69) is 53.4 Å². The molecule has 3 aliphatic rings. The highest BCUT2D eigenvalue weighted by Gasteiger charge is 2.58. The van der Waals surface area contributed by atoms with Crippen molar-refractivity contribution < 1.29 is 4.74 Å². The molecule has 1 saturated carbocycles. The first-order chi connectivity index (χ1) is 13.6. The van der Waals surface area contributed by atoms with Crippen LogP contribution in [0.3, 0.4) is 0 Å². The van der Waals surface area contributed by atoms with E-state index >= 15 is 0 Å². The Labute approximate surface area is 169 Å². The molecule has 2 aliphatic heterocycles. The molecule has 2 saturated heterocycles. The number of aromatic nitrogens is 1. The number of fused-ring (bicyclic) bond motifs is 1. The Morgan fingerprint density at radius 2 is 2.07 bits per heavy atom. The van der Waals surface area contributed by atoms with Crippen LogP contribution in [0.5, 0.6) is 0 Å². The topological polar surface area (TPSA) is 61.8 Å². The number of pyridine rings is 1. The average molecular weight is 386 g/mol. The number of aliphatic imine (C=N–C) groups is 1. The van der Waals surface area contributed by atoms with Gasteiger partial charge in [0.2, 0.25) is 0 Å². The number of rotatable bonds is 4. The van der Waals surface area contributed by atoms with Gasteiger partial charge in [-0.1, -0.05) is 19.9 Å². The van der Waals surface area contributed by atoms with Gasteiger partial charge in [0.1, 0.15) is 5.82 Å². The molecule has 0 spiro atoms. The molecule has 4 rings (SSSR count). The Kier molecular flexibility index (Phi) is 5.76. The van der Waals surface area contributed by atoms with Crippen molar-refractivity contribution in [3.63, 3.8) is 0 Å². The summed E-state index contributed by atoms with van der Waals surface area (Å²) in [4.78, 5) is 11.6. The third kappa shape index (κ3) is 3.84. The Morgan fingerprint density at radius 1 is 1.25 bits per heavy atom. The van der Waals surface area contributed by atoms with Crippen LogP contribution >= 0.6 is 0 Å². The van der Waals surface area contributed by atoms with Crippen molar-refractivity contribution in [2.45, 2.75) is 64.6 Å². The smallest absolute Gasteiger partial charge is 0.191 e. The highest BCUT2D eigenvalue weighted by atomic mass is 16.5. The maximum Gasteiger partial charge on any atom is 0.191 e. The monoisotopic (exact) mass is 385 g/mol. The first-order valence-corrected chi connectivity index (χ1v) is 10.9. The van der Waals surface area contributed by atoms with E-state index in [0.29, 0.717) is 24.1 Å². The summed E-state index contributed by atoms with van der Waals surface area (Å²) in [6.45, 7) is 10.5. The summed E-state index contributed by atoms with van der Waals surface area (Å²) in [6, 6.07) is 7.02. The minimum Gasteiger partial charge on any atom is -0.377 e. The van der Waals surface area contributed by atoms with Crippen molar-refractivity contribution in [1.29, 1.82) is 0 Å². The van der Waals surface area contributed by atoms with E-state index in [0.717, 1.165) is 50.9 Å². The van der Waals surface area contributed by atoms with E-state index in [9.17, 15) is 0 Å². The summed E-state index contributed by atoms with van der Waals surface area (Å²) >= 11 is 0. The molecule has 0 amide bonds. The van der Waals surface area contributed by atoms with Gasteiger partial charge in [0.15, 0.2) is 5.96 Å². The lowest BCUT2D eigenvalue weighted by atomic mass is 9.55. The van der Waals surface area contributed by atoms with Gasteiger partial charge in [-0.2, -0.15) is 0 Å². The lowest BCUT2D eigenvalue weighted by Crippen LogP contribution is -2.71. The normalized spacial score (nSPS) is 30.3. The molecule has 1 aromatic rings. The van der Waals surface area contributed by atoms with E-state index in [-0.39, 0.29) is 5.41 Å². The maximum atomic E-state index is 6.06. The number of hydrogen-bond donors (Lipinski definition) is 2. The summed E-state index contributed by atoms with van der Waals surface area (Å²) in [5.74, 6) is 2.67. The molecule has 28 heavy (non-hydrogen) atoms. The third-order valence-electron chi connectivity index (χ3n) is 6.75. The standard InChI is InChI=1S/C22H35N5O/c1-4-23-21(26-19-17-8-7-15-28-20(17)22(19,2)3)25-16-10-13-27(14-11-16)18-9-5-6-12-24-18/h5-6,9,12,16-17,19-20H,4,7-8,10-11,13-15H2,1-3H3,(H2,23,25,26). The average Bonchev–Trinajstić information content (AvgIpc) is 2.73. The molecule has 0 bridgehead atoms. The predicted molar refractivity (Wildman–Crippen MR) is 114 cm³/mol. The van der Waals surface area contributed by atoms with Crippen molar-refractivity contribution in [1.82, 2.24) is 15.6 Å². The van der Waals surface area contributed by atoms with Crippen LogP contribution in [0.2, 0.25) is 0 Å². The molecule has 0 radical (unpaired) electrons. The Balaban J connectivity index is 1.33. The minimum atomic E-state index is 0.156. The van der Waals surface area contributed by atoms with Gasteiger partial charge in [0, 0.05) is 55.9 Å².